The fourth-order valence-electron chi connectivity index (χ4n) is 3.54. The zero-order valence-corrected chi connectivity index (χ0v) is 14.7. The third-order valence-electron chi connectivity index (χ3n) is 5.07. The molecule has 25 heavy (non-hydrogen) atoms. The second-order valence-corrected chi connectivity index (χ2v) is 6.83. The van der Waals surface area contributed by atoms with Crippen molar-refractivity contribution in [3.05, 3.63) is 35.4 Å². The van der Waals surface area contributed by atoms with Gasteiger partial charge in [0.1, 0.15) is 0 Å². The summed E-state index contributed by atoms with van der Waals surface area (Å²) in [6, 6.07) is 7.17. The zero-order chi connectivity index (χ0) is 17.8. The molecule has 134 valence electrons. The lowest BCUT2D eigenvalue weighted by atomic mass is 10.1. The number of hydrogen-bond acceptors (Lipinski definition) is 3. The summed E-state index contributed by atoms with van der Waals surface area (Å²) in [5.41, 5.74) is 1.05. The Morgan fingerprint density at radius 1 is 0.960 bits per heavy atom. The third kappa shape index (κ3) is 4.18. The summed E-state index contributed by atoms with van der Waals surface area (Å²) < 4.78 is 0. The molecule has 0 aromatic heterocycles. The minimum absolute atomic E-state index is 0.0395. The van der Waals surface area contributed by atoms with Gasteiger partial charge < -0.3 is 15.1 Å². The van der Waals surface area contributed by atoms with Crippen molar-refractivity contribution in [3.8, 4) is 0 Å². The molecule has 1 saturated heterocycles. The standard InChI is InChI=1S/C19H25N3O3/c1-14(23)21-9-11-22(12-10-21)19(25)16-6-4-5-15(13-16)18(24)20-17-7-2-3-8-17/h4-6,13,17H,2-3,7-12H2,1H3,(H,20,24). The number of amides is 3. The van der Waals surface area contributed by atoms with Gasteiger partial charge in [0, 0.05) is 50.3 Å². The maximum atomic E-state index is 12.7. The van der Waals surface area contributed by atoms with E-state index in [0.29, 0.717) is 37.3 Å². The van der Waals surface area contributed by atoms with E-state index in [-0.39, 0.29) is 23.8 Å². The number of nitrogens with zero attached hydrogens (tertiary/aromatic N) is 2. The largest absolute Gasteiger partial charge is 0.349 e. The predicted molar refractivity (Wildman–Crippen MR) is 94.3 cm³/mol. The minimum Gasteiger partial charge on any atom is -0.349 e. The monoisotopic (exact) mass is 343 g/mol. The lowest BCUT2D eigenvalue weighted by Crippen LogP contribution is -2.50. The molecule has 1 saturated carbocycles. The van der Waals surface area contributed by atoms with Crippen molar-refractivity contribution in [2.75, 3.05) is 26.2 Å². The molecule has 1 aromatic rings. The normalized spacial score (nSPS) is 18.3. The van der Waals surface area contributed by atoms with Crippen molar-refractivity contribution in [3.63, 3.8) is 0 Å². The average Bonchev–Trinajstić information content (AvgIpc) is 3.14. The highest BCUT2D eigenvalue weighted by atomic mass is 16.2. The number of hydrogen-bond donors (Lipinski definition) is 1. The second-order valence-electron chi connectivity index (χ2n) is 6.83. The molecule has 0 atom stereocenters. The minimum atomic E-state index is -0.108. The molecular formula is C19H25N3O3. The molecule has 1 aromatic carbocycles. The zero-order valence-electron chi connectivity index (χ0n) is 14.7. The molecule has 0 unspecified atom stereocenters. The molecular weight excluding hydrogens is 318 g/mol. The molecule has 2 aliphatic rings. The van der Waals surface area contributed by atoms with E-state index in [1.165, 1.54) is 0 Å². The Labute approximate surface area is 148 Å². The van der Waals surface area contributed by atoms with E-state index in [1.807, 2.05) is 0 Å². The summed E-state index contributed by atoms with van der Waals surface area (Å²) in [6.07, 6.45) is 4.39. The summed E-state index contributed by atoms with van der Waals surface area (Å²) in [7, 11) is 0. The highest BCUT2D eigenvalue weighted by Gasteiger charge is 2.24. The molecule has 6 heteroatoms. The second kappa shape index (κ2) is 7.68. The molecule has 3 amide bonds. The first kappa shape index (κ1) is 17.5. The highest BCUT2D eigenvalue weighted by molar-refractivity contribution is 5.99. The Bertz CT molecular complexity index is 660. The van der Waals surface area contributed by atoms with Gasteiger partial charge in [-0.15, -0.1) is 0 Å². The fraction of sp³-hybridized carbons (Fsp3) is 0.526. The maximum Gasteiger partial charge on any atom is 0.253 e. The lowest BCUT2D eigenvalue weighted by Gasteiger charge is -2.34. The first-order chi connectivity index (χ1) is 12.0. The summed E-state index contributed by atoms with van der Waals surface area (Å²) >= 11 is 0. The Morgan fingerprint density at radius 3 is 2.20 bits per heavy atom. The molecule has 0 spiro atoms. The predicted octanol–water partition coefficient (Wildman–Crippen LogP) is 1.66. The maximum absolute atomic E-state index is 12.7. The summed E-state index contributed by atoms with van der Waals surface area (Å²) in [5.74, 6) is -0.153. The number of rotatable bonds is 3. The number of benzene rings is 1. The van der Waals surface area contributed by atoms with Crippen LogP contribution in [0.3, 0.4) is 0 Å². The van der Waals surface area contributed by atoms with Crippen molar-refractivity contribution >= 4 is 17.7 Å². The van der Waals surface area contributed by atoms with Crippen LogP contribution in [-0.4, -0.2) is 59.7 Å². The molecule has 2 fully saturated rings. The van der Waals surface area contributed by atoms with Gasteiger partial charge in [-0.2, -0.15) is 0 Å². The highest BCUT2D eigenvalue weighted by Crippen LogP contribution is 2.18. The summed E-state index contributed by atoms with van der Waals surface area (Å²) in [6.45, 7) is 3.71. The number of piperazine rings is 1. The van der Waals surface area contributed by atoms with Crippen molar-refractivity contribution in [2.45, 2.75) is 38.6 Å². The Hall–Kier alpha value is -2.37. The lowest BCUT2D eigenvalue weighted by molar-refractivity contribution is -0.130. The van der Waals surface area contributed by atoms with Gasteiger partial charge in [-0.25, -0.2) is 0 Å². The van der Waals surface area contributed by atoms with Crippen LogP contribution < -0.4 is 5.32 Å². The van der Waals surface area contributed by atoms with E-state index in [9.17, 15) is 14.4 Å². The van der Waals surface area contributed by atoms with Gasteiger partial charge in [-0.3, -0.25) is 14.4 Å². The molecule has 3 rings (SSSR count). The molecule has 6 nitrogen and oxygen atoms in total. The van der Waals surface area contributed by atoms with Crippen molar-refractivity contribution in [2.24, 2.45) is 0 Å². The number of carbonyl (C=O) groups excluding carboxylic acids is 3. The fourth-order valence-corrected chi connectivity index (χ4v) is 3.54. The van der Waals surface area contributed by atoms with E-state index in [2.05, 4.69) is 5.32 Å². The van der Waals surface area contributed by atoms with Gasteiger partial charge in [-0.05, 0) is 31.0 Å². The van der Waals surface area contributed by atoms with Gasteiger partial charge >= 0.3 is 0 Å². The Balaban J connectivity index is 1.63. The summed E-state index contributed by atoms with van der Waals surface area (Å²) in [5, 5.41) is 3.05. The summed E-state index contributed by atoms with van der Waals surface area (Å²) in [4.78, 5) is 39.9. The van der Waals surface area contributed by atoms with E-state index in [1.54, 1.807) is 41.0 Å². The van der Waals surface area contributed by atoms with Crippen LogP contribution in [0.2, 0.25) is 0 Å². The smallest absolute Gasteiger partial charge is 0.253 e. The van der Waals surface area contributed by atoms with Crippen LogP contribution in [0.5, 0.6) is 0 Å². The van der Waals surface area contributed by atoms with Crippen molar-refractivity contribution in [1.82, 2.24) is 15.1 Å². The van der Waals surface area contributed by atoms with Crippen LogP contribution in [0.1, 0.15) is 53.3 Å². The number of nitrogens with one attached hydrogen (secondary N) is 1. The van der Waals surface area contributed by atoms with Gasteiger partial charge in [0.2, 0.25) is 5.91 Å². The van der Waals surface area contributed by atoms with E-state index in [4.69, 9.17) is 0 Å². The SMILES string of the molecule is CC(=O)N1CCN(C(=O)c2cccc(C(=O)NC3CCCC3)c2)CC1. The number of carbonyl (C=O) groups is 3. The van der Waals surface area contributed by atoms with Gasteiger partial charge in [-0.1, -0.05) is 18.9 Å². The van der Waals surface area contributed by atoms with Crippen LogP contribution >= 0.6 is 0 Å². The van der Waals surface area contributed by atoms with Crippen molar-refractivity contribution < 1.29 is 14.4 Å². The average molecular weight is 343 g/mol. The van der Waals surface area contributed by atoms with Crippen LogP contribution in [0.25, 0.3) is 0 Å². The Kier molecular flexibility index (Phi) is 5.36. The molecule has 1 aliphatic carbocycles. The van der Waals surface area contributed by atoms with Crippen LogP contribution in [0.15, 0.2) is 24.3 Å². The van der Waals surface area contributed by atoms with Crippen LogP contribution in [-0.2, 0) is 4.79 Å². The van der Waals surface area contributed by atoms with E-state index in [0.717, 1.165) is 25.7 Å². The van der Waals surface area contributed by atoms with E-state index < -0.39 is 0 Å². The first-order valence-corrected chi connectivity index (χ1v) is 9.00. The van der Waals surface area contributed by atoms with Gasteiger partial charge in [0.05, 0.1) is 0 Å². The van der Waals surface area contributed by atoms with Crippen molar-refractivity contribution in [1.29, 1.82) is 0 Å². The van der Waals surface area contributed by atoms with Gasteiger partial charge in [0.25, 0.3) is 11.8 Å². The third-order valence-corrected chi connectivity index (χ3v) is 5.07. The van der Waals surface area contributed by atoms with E-state index >= 15 is 0 Å². The van der Waals surface area contributed by atoms with Gasteiger partial charge in [0.15, 0.2) is 0 Å². The topological polar surface area (TPSA) is 69.7 Å². The van der Waals surface area contributed by atoms with Crippen LogP contribution in [0.4, 0.5) is 0 Å². The molecule has 1 aliphatic heterocycles. The Morgan fingerprint density at radius 2 is 1.56 bits per heavy atom. The first-order valence-electron chi connectivity index (χ1n) is 9.00. The molecule has 0 radical (unpaired) electrons. The van der Waals surface area contributed by atoms with Crippen LogP contribution in [0, 0.1) is 0 Å². The quantitative estimate of drug-likeness (QED) is 0.907. The molecule has 1 heterocycles. The molecule has 0 bridgehead atoms. The molecule has 1 N–H and O–H groups in total.